The van der Waals surface area contributed by atoms with Crippen LogP contribution < -0.4 is 5.32 Å². The number of H-pyrrole nitrogens is 1. The number of hydrogen-bond donors (Lipinski definition) is 2. The number of guanidine groups is 1. The summed E-state index contributed by atoms with van der Waals surface area (Å²) >= 11 is 0. The summed E-state index contributed by atoms with van der Waals surface area (Å²) in [5.41, 5.74) is 4.52. The molecule has 1 aromatic carbocycles. The molecule has 2 heterocycles. The van der Waals surface area contributed by atoms with E-state index in [1.54, 1.807) is 7.05 Å². The van der Waals surface area contributed by atoms with Crippen LogP contribution in [0.1, 0.15) is 17.1 Å². The Morgan fingerprint density at radius 1 is 1.36 bits per heavy atom. The first kappa shape index (κ1) is 19.3. The number of nitrogens with zero attached hydrogens (tertiary/aromatic N) is 4. The molecule has 0 atom stereocenters. The van der Waals surface area contributed by atoms with Gasteiger partial charge in [0.25, 0.3) is 0 Å². The molecule has 0 aliphatic carbocycles. The quantitative estimate of drug-likeness (QED) is 0.364. The number of halogens is 1. The van der Waals surface area contributed by atoms with Crippen molar-refractivity contribution in [2.24, 2.45) is 12.0 Å². The van der Waals surface area contributed by atoms with Gasteiger partial charge in [0.15, 0.2) is 5.96 Å². The molecular formula is C18H25IN6. The maximum atomic E-state index is 4.61. The Kier molecular flexibility index (Phi) is 6.46. The van der Waals surface area contributed by atoms with Gasteiger partial charge in [-0.25, -0.2) is 4.98 Å². The van der Waals surface area contributed by atoms with Crippen molar-refractivity contribution in [1.82, 2.24) is 24.8 Å². The third-order valence-corrected chi connectivity index (χ3v) is 4.12. The average Bonchev–Trinajstić information content (AvgIpc) is 3.13. The summed E-state index contributed by atoms with van der Waals surface area (Å²) in [6, 6.07) is 10.4. The zero-order valence-corrected chi connectivity index (χ0v) is 17.4. The van der Waals surface area contributed by atoms with Gasteiger partial charge in [-0.3, -0.25) is 4.99 Å². The molecule has 6 nitrogen and oxygen atoms in total. The number of aromatic nitrogens is 3. The van der Waals surface area contributed by atoms with Gasteiger partial charge in [-0.1, -0.05) is 6.07 Å². The van der Waals surface area contributed by atoms with Gasteiger partial charge in [0.05, 0.1) is 24.1 Å². The third kappa shape index (κ3) is 4.53. The van der Waals surface area contributed by atoms with E-state index in [0.29, 0.717) is 6.54 Å². The summed E-state index contributed by atoms with van der Waals surface area (Å²) in [7, 11) is 5.88. The lowest BCUT2D eigenvalue weighted by molar-refractivity contribution is 0.461. The molecule has 25 heavy (non-hydrogen) atoms. The van der Waals surface area contributed by atoms with Crippen LogP contribution >= 0.6 is 24.0 Å². The first-order chi connectivity index (χ1) is 11.6. The highest BCUT2D eigenvalue weighted by Gasteiger charge is 2.09. The van der Waals surface area contributed by atoms with Crippen molar-refractivity contribution in [2.75, 3.05) is 14.1 Å². The predicted molar refractivity (Wildman–Crippen MR) is 113 cm³/mol. The van der Waals surface area contributed by atoms with E-state index < -0.39 is 0 Å². The fraction of sp³-hybridized carbons (Fsp3) is 0.333. The van der Waals surface area contributed by atoms with Crippen molar-refractivity contribution in [3.8, 4) is 0 Å². The van der Waals surface area contributed by atoms with E-state index in [1.807, 2.05) is 13.1 Å². The molecule has 0 unspecified atom stereocenters. The topological polar surface area (TPSA) is 61.2 Å². The fourth-order valence-corrected chi connectivity index (χ4v) is 2.79. The van der Waals surface area contributed by atoms with Crippen molar-refractivity contribution in [2.45, 2.75) is 20.0 Å². The zero-order chi connectivity index (χ0) is 17.1. The Hall–Kier alpha value is -2.03. The SMILES string of the molecule is CN=C(NCc1nc2ccc(C)cc2[nH]1)N(C)Cc1cccn1C.I. The lowest BCUT2D eigenvalue weighted by atomic mass is 10.2. The fourth-order valence-electron chi connectivity index (χ4n) is 2.79. The molecule has 0 amide bonds. The highest BCUT2D eigenvalue weighted by atomic mass is 127. The lowest BCUT2D eigenvalue weighted by Crippen LogP contribution is -2.38. The molecule has 0 radical (unpaired) electrons. The molecule has 2 N–H and O–H groups in total. The molecule has 0 saturated carbocycles. The summed E-state index contributed by atoms with van der Waals surface area (Å²) in [6.07, 6.45) is 2.05. The van der Waals surface area contributed by atoms with Gasteiger partial charge in [-0.05, 0) is 36.8 Å². The first-order valence-corrected chi connectivity index (χ1v) is 8.04. The molecule has 0 fully saturated rings. The molecule has 134 valence electrons. The van der Waals surface area contributed by atoms with Gasteiger partial charge in [0.1, 0.15) is 5.82 Å². The van der Waals surface area contributed by atoms with Crippen LogP contribution in [0.4, 0.5) is 0 Å². The Morgan fingerprint density at radius 2 is 2.16 bits per heavy atom. The number of benzene rings is 1. The number of aryl methyl sites for hydroxylation is 2. The molecule has 3 aromatic rings. The Balaban J connectivity index is 0.00000225. The number of imidazole rings is 1. The van der Waals surface area contributed by atoms with Crippen molar-refractivity contribution in [1.29, 1.82) is 0 Å². The molecule has 0 aliphatic rings. The first-order valence-electron chi connectivity index (χ1n) is 8.04. The monoisotopic (exact) mass is 452 g/mol. The van der Waals surface area contributed by atoms with Crippen LogP contribution in [0, 0.1) is 6.92 Å². The smallest absolute Gasteiger partial charge is 0.194 e. The molecule has 2 aromatic heterocycles. The summed E-state index contributed by atoms with van der Waals surface area (Å²) < 4.78 is 2.12. The van der Waals surface area contributed by atoms with Crippen LogP contribution in [0.3, 0.4) is 0 Å². The van der Waals surface area contributed by atoms with Gasteiger partial charge in [0.2, 0.25) is 0 Å². The van der Waals surface area contributed by atoms with Crippen molar-refractivity contribution in [3.63, 3.8) is 0 Å². The lowest BCUT2D eigenvalue weighted by Gasteiger charge is -2.22. The van der Waals surface area contributed by atoms with Gasteiger partial charge >= 0.3 is 0 Å². The minimum Gasteiger partial charge on any atom is -0.353 e. The van der Waals surface area contributed by atoms with Crippen LogP contribution in [0.5, 0.6) is 0 Å². The number of aromatic amines is 1. The maximum absolute atomic E-state index is 4.61. The number of hydrogen-bond acceptors (Lipinski definition) is 2. The second-order valence-corrected chi connectivity index (χ2v) is 6.07. The largest absolute Gasteiger partial charge is 0.353 e. The molecule has 3 rings (SSSR count). The summed E-state index contributed by atoms with van der Waals surface area (Å²) in [5, 5.41) is 3.37. The average molecular weight is 452 g/mol. The number of rotatable bonds is 4. The van der Waals surface area contributed by atoms with E-state index in [4.69, 9.17) is 0 Å². The van der Waals surface area contributed by atoms with E-state index >= 15 is 0 Å². The van der Waals surface area contributed by atoms with Crippen LogP contribution in [0.25, 0.3) is 11.0 Å². The maximum Gasteiger partial charge on any atom is 0.194 e. The van der Waals surface area contributed by atoms with Crippen molar-refractivity contribution < 1.29 is 0 Å². The zero-order valence-electron chi connectivity index (χ0n) is 15.1. The molecule has 0 spiro atoms. The summed E-state index contributed by atoms with van der Waals surface area (Å²) in [4.78, 5) is 14.4. The third-order valence-electron chi connectivity index (χ3n) is 4.12. The number of nitrogens with one attached hydrogen (secondary N) is 2. The van der Waals surface area contributed by atoms with Crippen molar-refractivity contribution in [3.05, 3.63) is 53.6 Å². The van der Waals surface area contributed by atoms with E-state index in [0.717, 1.165) is 29.4 Å². The molecule has 0 aliphatic heterocycles. The van der Waals surface area contributed by atoms with Crippen LogP contribution in [-0.2, 0) is 20.1 Å². The predicted octanol–water partition coefficient (Wildman–Crippen LogP) is 3.04. The highest BCUT2D eigenvalue weighted by molar-refractivity contribution is 14.0. The number of fused-ring (bicyclic) bond motifs is 1. The molecule has 0 bridgehead atoms. The van der Waals surface area contributed by atoms with E-state index in [1.165, 1.54) is 11.3 Å². The second-order valence-electron chi connectivity index (χ2n) is 6.07. The van der Waals surface area contributed by atoms with Gasteiger partial charge < -0.3 is 19.8 Å². The Morgan fingerprint density at radius 3 is 2.84 bits per heavy atom. The van der Waals surface area contributed by atoms with Gasteiger partial charge in [0, 0.05) is 33.0 Å². The van der Waals surface area contributed by atoms with E-state index in [9.17, 15) is 0 Å². The van der Waals surface area contributed by atoms with Crippen LogP contribution in [-0.4, -0.2) is 39.5 Å². The van der Waals surface area contributed by atoms with E-state index in [-0.39, 0.29) is 24.0 Å². The Bertz CT molecular complexity index is 863. The second kappa shape index (κ2) is 8.37. The van der Waals surface area contributed by atoms with Crippen LogP contribution in [0.2, 0.25) is 0 Å². The highest BCUT2D eigenvalue weighted by Crippen LogP contribution is 2.13. The molecule has 0 saturated heterocycles. The number of aliphatic imine (C=N–C) groups is 1. The van der Waals surface area contributed by atoms with Gasteiger partial charge in [-0.15, -0.1) is 24.0 Å². The van der Waals surface area contributed by atoms with Crippen LogP contribution in [0.15, 0.2) is 41.5 Å². The summed E-state index contributed by atoms with van der Waals surface area (Å²) in [6.45, 7) is 3.49. The minimum absolute atomic E-state index is 0. The molecular weight excluding hydrogens is 427 g/mol. The summed E-state index contributed by atoms with van der Waals surface area (Å²) in [5.74, 6) is 1.75. The standard InChI is InChI=1S/C18H24N6.HI/c1-13-7-8-15-16(10-13)22-17(21-15)11-20-18(19-2)24(4)12-14-6-5-9-23(14)3;/h5-10H,11-12H2,1-4H3,(H,19,20)(H,21,22);1H. The molecule has 7 heteroatoms. The normalized spacial score (nSPS) is 11.4. The van der Waals surface area contributed by atoms with Gasteiger partial charge in [-0.2, -0.15) is 0 Å². The Labute approximate surface area is 165 Å². The van der Waals surface area contributed by atoms with E-state index in [2.05, 4.69) is 74.2 Å². The van der Waals surface area contributed by atoms with Crippen molar-refractivity contribution >= 4 is 41.0 Å². The minimum atomic E-state index is 0.